The lowest BCUT2D eigenvalue weighted by Crippen LogP contribution is -2.14. The van der Waals surface area contributed by atoms with Gasteiger partial charge in [-0.05, 0) is 130 Å². The number of hydrogen-bond acceptors (Lipinski definition) is 0. The molecule has 0 heteroatoms. The molecular weight excluding hydrogens is 589 g/mol. The molecule has 0 amide bonds. The van der Waals surface area contributed by atoms with E-state index in [1.807, 2.05) is 0 Å². The molecule has 0 aliphatic heterocycles. The molecule has 8 aromatic rings. The third-order valence-corrected chi connectivity index (χ3v) is 11.9. The second-order valence-electron chi connectivity index (χ2n) is 15.4. The summed E-state index contributed by atoms with van der Waals surface area (Å²) in [5.41, 5.74) is 17.5. The van der Waals surface area contributed by atoms with E-state index in [0.29, 0.717) is 0 Å². The van der Waals surface area contributed by atoms with Crippen LogP contribution in [0.3, 0.4) is 0 Å². The molecule has 0 saturated carbocycles. The molecule has 0 nitrogen and oxygen atoms in total. The van der Waals surface area contributed by atoms with Crippen LogP contribution >= 0.6 is 0 Å². The minimum Gasteiger partial charge on any atom is -0.0619 e. The normalized spacial score (nSPS) is 15.0. The molecule has 0 bridgehead atoms. The maximum atomic E-state index is 2.47. The fraction of sp³-hybridized carbons (Fsp3) is 0.143. The molecule has 0 unspecified atom stereocenters. The van der Waals surface area contributed by atoms with E-state index in [-0.39, 0.29) is 10.8 Å². The van der Waals surface area contributed by atoms with Gasteiger partial charge in [-0.2, -0.15) is 0 Å². The van der Waals surface area contributed by atoms with Gasteiger partial charge in [0.2, 0.25) is 0 Å². The highest BCUT2D eigenvalue weighted by Gasteiger charge is 2.36. The van der Waals surface area contributed by atoms with E-state index in [9.17, 15) is 0 Å². The van der Waals surface area contributed by atoms with E-state index in [4.69, 9.17) is 0 Å². The maximum Gasteiger partial charge on any atom is 0.0159 e. The molecule has 0 saturated heterocycles. The van der Waals surface area contributed by atoms with Crippen molar-refractivity contribution in [1.29, 1.82) is 0 Å². The van der Waals surface area contributed by atoms with E-state index < -0.39 is 0 Å². The van der Waals surface area contributed by atoms with Gasteiger partial charge in [0.25, 0.3) is 0 Å². The minimum absolute atomic E-state index is 0.0422. The van der Waals surface area contributed by atoms with Crippen LogP contribution in [0.4, 0.5) is 0 Å². The first-order valence-electron chi connectivity index (χ1n) is 17.6. The molecular formula is C49H38. The van der Waals surface area contributed by atoms with Gasteiger partial charge < -0.3 is 0 Å². The van der Waals surface area contributed by atoms with Crippen molar-refractivity contribution in [3.8, 4) is 44.5 Å². The SMILES string of the molecule is Cc1ccc2c(c1)c(-c1ccc3c(c1)C(C)(C)c1ccccc1-3)cc1c3ccccc3c(-c3ccc4c(c3)C(C)(C)c3ccccc3-4)cc21. The van der Waals surface area contributed by atoms with Gasteiger partial charge in [-0.15, -0.1) is 0 Å². The van der Waals surface area contributed by atoms with Crippen LogP contribution in [0, 0.1) is 6.92 Å². The zero-order valence-corrected chi connectivity index (χ0v) is 28.8. The monoisotopic (exact) mass is 626 g/mol. The zero-order chi connectivity index (χ0) is 33.2. The van der Waals surface area contributed by atoms with Crippen LogP contribution in [0.25, 0.3) is 76.8 Å². The third-order valence-electron chi connectivity index (χ3n) is 11.9. The average Bonchev–Trinajstić information content (AvgIpc) is 3.50. The Balaban J connectivity index is 1.23. The highest BCUT2D eigenvalue weighted by Crippen LogP contribution is 2.52. The number of aryl methyl sites for hydroxylation is 1. The van der Waals surface area contributed by atoms with E-state index >= 15 is 0 Å². The van der Waals surface area contributed by atoms with Gasteiger partial charge in [0.15, 0.2) is 0 Å². The lowest BCUT2D eigenvalue weighted by molar-refractivity contribution is 0.660. The topological polar surface area (TPSA) is 0 Å². The Kier molecular flexibility index (Phi) is 5.71. The summed E-state index contributed by atoms with van der Waals surface area (Å²) in [5, 5.41) is 7.84. The van der Waals surface area contributed by atoms with E-state index in [1.54, 1.807) is 0 Å². The summed E-state index contributed by atoms with van der Waals surface area (Å²) in [6.45, 7) is 11.7. The lowest BCUT2D eigenvalue weighted by atomic mass is 9.80. The van der Waals surface area contributed by atoms with E-state index in [0.717, 1.165) is 0 Å². The number of rotatable bonds is 2. The Bertz CT molecular complexity index is 2720. The van der Waals surface area contributed by atoms with Crippen LogP contribution < -0.4 is 0 Å². The molecule has 0 heterocycles. The first kappa shape index (κ1) is 28.5. The van der Waals surface area contributed by atoms with Gasteiger partial charge >= 0.3 is 0 Å². The Hall–Kier alpha value is -5.46. The van der Waals surface area contributed by atoms with Crippen LogP contribution in [0.1, 0.15) is 55.5 Å². The van der Waals surface area contributed by atoms with Gasteiger partial charge in [-0.3, -0.25) is 0 Å². The largest absolute Gasteiger partial charge is 0.0619 e. The van der Waals surface area contributed by atoms with E-state index in [2.05, 4.69) is 174 Å². The second-order valence-corrected chi connectivity index (χ2v) is 15.4. The quantitative estimate of drug-likeness (QED) is 0.168. The van der Waals surface area contributed by atoms with Gasteiger partial charge in [-0.25, -0.2) is 0 Å². The number of benzene rings is 8. The fourth-order valence-electron chi connectivity index (χ4n) is 9.34. The molecule has 234 valence electrons. The highest BCUT2D eigenvalue weighted by molar-refractivity contribution is 6.24. The molecule has 8 aromatic carbocycles. The van der Waals surface area contributed by atoms with Gasteiger partial charge in [0.1, 0.15) is 0 Å². The van der Waals surface area contributed by atoms with Crippen LogP contribution in [-0.2, 0) is 10.8 Å². The summed E-state index contributed by atoms with van der Waals surface area (Å²) >= 11 is 0. The van der Waals surface area contributed by atoms with Crippen LogP contribution in [0.15, 0.2) is 140 Å². The predicted molar refractivity (Wildman–Crippen MR) is 210 cm³/mol. The summed E-state index contributed by atoms with van der Waals surface area (Å²) in [6.07, 6.45) is 0. The van der Waals surface area contributed by atoms with Gasteiger partial charge in [0.05, 0.1) is 0 Å². The Labute approximate surface area is 288 Å². The molecule has 10 rings (SSSR count). The van der Waals surface area contributed by atoms with E-state index in [1.165, 1.54) is 105 Å². The highest BCUT2D eigenvalue weighted by atomic mass is 14.4. The fourth-order valence-corrected chi connectivity index (χ4v) is 9.34. The molecule has 0 fully saturated rings. The summed E-state index contributed by atoms with van der Waals surface area (Å²) < 4.78 is 0. The molecule has 0 radical (unpaired) electrons. The summed E-state index contributed by atoms with van der Waals surface area (Å²) in [5.74, 6) is 0. The standard InChI is InChI=1S/C49H38/c1-29-18-21-34-41(24-29)40(31-20-23-38-36-15-9-11-17-45(36)49(4,5)47(38)26-31)28-42-33-13-7-6-12-32(33)39(27-43(34)42)30-19-22-37-35-14-8-10-16-44(35)48(2,3)46(37)25-30/h6-28H,1-5H3. The van der Waals surface area contributed by atoms with Crippen LogP contribution in [0.2, 0.25) is 0 Å². The van der Waals surface area contributed by atoms with Gasteiger partial charge in [0, 0.05) is 10.8 Å². The molecule has 0 spiro atoms. The summed E-state index contributed by atoms with van der Waals surface area (Å²) in [7, 11) is 0. The van der Waals surface area contributed by atoms with Crippen molar-refractivity contribution in [3.05, 3.63) is 167 Å². The molecule has 49 heavy (non-hydrogen) atoms. The van der Waals surface area contributed by atoms with Crippen molar-refractivity contribution in [2.75, 3.05) is 0 Å². The maximum absolute atomic E-state index is 2.47. The molecule has 2 aliphatic rings. The molecule has 0 aromatic heterocycles. The van der Waals surface area contributed by atoms with Crippen LogP contribution in [0.5, 0.6) is 0 Å². The number of hydrogen-bond donors (Lipinski definition) is 0. The Morgan fingerprint density at radius 3 is 1.33 bits per heavy atom. The molecule has 2 aliphatic carbocycles. The van der Waals surface area contributed by atoms with Crippen molar-refractivity contribution in [1.82, 2.24) is 0 Å². The second kappa shape index (κ2) is 9.80. The van der Waals surface area contributed by atoms with Crippen molar-refractivity contribution >= 4 is 32.3 Å². The zero-order valence-electron chi connectivity index (χ0n) is 28.8. The smallest absolute Gasteiger partial charge is 0.0159 e. The molecule has 0 atom stereocenters. The Morgan fingerprint density at radius 1 is 0.306 bits per heavy atom. The Morgan fingerprint density at radius 2 is 0.755 bits per heavy atom. The predicted octanol–water partition coefficient (Wildman–Crippen LogP) is 13.4. The van der Waals surface area contributed by atoms with Gasteiger partial charge in [-0.1, -0.05) is 149 Å². The summed E-state index contributed by atoms with van der Waals surface area (Å²) in [6, 6.07) is 53.2. The van der Waals surface area contributed by atoms with Crippen LogP contribution in [-0.4, -0.2) is 0 Å². The first-order chi connectivity index (χ1) is 23.7. The molecule has 0 N–H and O–H groups in total. The first-order valence-corrected chi connectivity index (χ1v) is 17.6. The summed E-state index contributed by atoms with van der Waals surface area (Å²) in [4.78, 5) is 0. The third kappa shape index (κ3) is 3.86. The lowest BCUT2D eigenvalue weighted by Gasteiger charge is -2.23. The van der Waals surface area contributed by atoms with Crippen molar-refractivity contribution < 1.29 is 0 Å². The minimum atomic E-state index is -0.0438. The van der Waals surface area contributed by atoms with Crippen molar-refractivity contribution in [2.24, 2.45) is 0 Å². The van der Waals surface area contributed by atoms with Crippen molar-refractivity contribution in [3.63, 3.8) is 0 Å². The average molecular weight is 627 g/mol. The van der Waals surface area contributed by atoms with Crippen molar-refractivity contribution in [2.45, 2.75) is 45.4 Å². The number of fused-ring (bicyclic) bond motifs is 11.